The van der Waals surface area contributed by atoms with Gasteiger partial charge >= 0.3 is 11.9 Å². The Kier molecular flexibility index (Phi) is 7.58. The van der Waals surface area contributed by atoms with E-state index in [0.29, 0.717) is 17.3 Å². The van der Waals surface area contributed by atoms with Gasteiger partial charge in [0.1, 0.15) is 15.7 Å². The Morgan fingerprint density at radius 2 is 1.82 bits per heavy atom. The SMILES string of the molecule is CCc1nnc(SCC(=O)Nc2sc(C(=O)OC)c(C)c2C(=O)OC)n1CC. The van der Waals surface area contributed by atoms with Gasteiger partial charge in [-0.25, -0.2) is 9.59 Å². The van der Waals surface area contributed by atoms with Crippen LogP contribution in [0.1, 0.15) is 45.3 Å². The van der Waals surface area contributed by atoms with E-state index in [1.807, 2.05) is 18.4 Å². The number of thiophene rings is 1. The highest BCUT2D eigenvalue weighted by Gasteiger charge is 2.26. The summed E-state index contributed by atoms with van der Waals surface area (Å²) < 4.78 is 11.5. The van der Waals surface area contributed by atoms with Crippen molar-refractivity contribution in [1.82, 2.24) is 14.8 Å². The Balaban J connectivity index is 2.18. The lowest BCUT2D eigenvalue weighted by Crippen LogP contribution is -2.16. The van der Waals surface area contributed by atoms with E-state index in [1.165, 1.54) is 26.0 Å². The monoisotopic (exact) mass is 426 g/mol. The van der Waals surface area contributed by atoms with Crippen LogP contribution >= 0.6 is 23.1 Å². The molecule has 0 bridgehead atoms. The van der Waals surface area contributed by atoms with Gasteiger partial charge in [-0.2, -0.15) is 0 Å². The van der Waals surface area contributed by atoms with Crippen LogP contribution in [0.15, 0.2) is 5.16 Å². The summed E-state index contributed by atoms with van der Waals surface area (Å²) in [6, 6.07) is 0. The molecule has 0 aliphatic heterocycles. The average Bonchev–Trinajstić information content (AvgIpc) is 3.25. The standard InChI is InChI=1S/C17H22N4O5S2/c1-6-10-19-20-17(21(10)7-2)27-8-11(22)18-14-12(15(23)25-4)9(3)13(28-14)16(24)26-5/h6-8H2,1-5H3,(H,18,22). The number of nitrogens with zero attached hydrogens (tertiary/aromatic N) is 3. The van der Waals surface area contributed by atoms with Gasteiger partial charge in [-0.1, -0.05) is 18.7 Å². The molecule has 1 amide bonds. The quantitative estimate of drug-likeness (QED) is 0.506. The molecule has 2 heterocycles. The number of rotatable bonds is 8. The second-order valence-electron chi connectivity index (χ2n) is 5.58. The second kappa shape index (κ2) is 9.69. The maximum atomic E-state index is 12.4. The van der Waals surface area contributed by atoms with Crippen molar-refractivity contribution in [3.05, 3.63) is 21.8 Å². The smallest absolute Gasteiger partial charge is 0.348 e. The molecule has 152 valence electrons. The number of nitrogens with one attached hydrogen (secondary N) is 1. The predicted molar refractivity (Wildman–Crippen MR) is 106 cm³/mol. The van der Waals surface area contributed by atoms with Crippen molar-refractivity contribution in [2.24, 2.45) is 0 Å². The molecule has 28 heavy (non-hydrogen) atoms. The molecule has 2 aromatic rings. The van der Waals surface area contributed by atoms with Crippen molar-refractivity contribution < 1.29 is 23.9 Å². The number of anilines is 1. The minimum atomic E-state index is -0.634. The van der Waals surface area contributed by atoms with E-state index < -0.39 is 11.9 Å². The molecule has 11 heteroatoms. The minimum absolute atomic E-state index is 0.0764. The molecule has 0 atom stereocenters. The second-order valence-corrected chi connectivity index (χ2v) is 7.54. The van der Waals surface area contributed by atoms with E-state index in [2.05, 4.69) is 15.5 Å². The highest BCUT2D eigenvalue weighted by molar-refractivity contribution is 7.99. The lowest BCUT2D eigenvalue weighted by Gasteiger charge is -2.07. The van der Waals surface area contributed by atoms with Crippen LogP contribution in [0.3, 0.4) is 0 Å². The van der Waals surface area contributed by atoms with Crippen LogP contribution in [0.2, 0.25) is 0 Å². The number of esters is 2. The van der Waals surface area contributed by atoms with Crippen molar-refractivity contribution in [3.8, 4) is 0 Å². The van der Waals surface area contributed by atoms with Crippen LogP contribution in [0.25, 0.3) is 0 Å². The molecular weight excluding hydrogens is 404 g/mol. The summed E-state index contributed by atoms with van der Waals surface area (Å²) in [5, 5.41) is 11.8. The third kappa shape index (κ3) is 4.53. The molecule has 0 saturated heterocycles. The molecule has 0 radical (unpaired) electrons. The van der Waals surface area contributed by atoms with Crippen molar-refractivity contribution >= 4 is 45.9 Å². The molecule has 2 aromatic heterocycles. The van der Waals surface area contributed by atoms with E-state index in [0.717, 1.165) is 23.6 Å². The molecule has 1 N–H and O–H groups in total. The van der Waals surface area contributed by atoms with Gasteiger partial charge in [-0.05, 0) is 19.4 Å². The van der Waals surface area contributed by atoms with Gasteiger partial charge in [0, 0.05) is 13.0 Å². The van der Waals surface area contributed by atoms with E-state index in [9.17, 15) is 14.4 Å². The molecule has 0 fully saturated rings. The largest absolute Gasteiger partial charge is 0.465 e. The normalized spacial score (nSPS) is 10.6. The number of amides is 1. The van der Waals surface area contributed by atoms with Crippen LogP contribution in [0.4, 0.5) is 5.00 Å². The van der Waals surface area contributed by atoms with Crippen molar-refractivity contribution in [3.63, 3.8) is 0 Å². The molecular formula is C17H22N4O5S2. The Morgan fingerprint density at radius 3 is 2.39 bits per heavy atom. The summed E-state index contributed by atoms with van der Waals surface area (Å²) in [6.45, 7) is 6.29. The zero-order valence-electron chi connectivity index (χ0n) is 16.3. The average molecular weight is 427 g/mol. The lowest BCUT2D eigenvalue weighted by atomic mass is 10.1. The van der Waals surface area contributed by atoms with Crippen LogP contribution in [0, 0.1) is 6.92 Å². The summed E-state index contributed by atoms with van der Waals surface area (Å²) in [6.07, 6.45) is 0.751. The summed E-state index contributed by atoms with van der Waals surface area (Å²) in [4.78, 5) is 36.7. The lowest BCUT2D eigenvalue weighted by molar-refractivity contribution is -0.113. The number of carbonyl (C=O) groups excluding carboxylic acids is 3. The summed E-state index contributed by atoms with van der Waals surface area (Å²) in [5.74, 6) is -0.616. The molecule has 2 rings (SSSR count). The molecule has 0 aromatic carbocycles. The van der Waals surface area contributed by atoms with Crippen LogP contribution in [-0.2, 0) is 27.2 Å². The molecule has 0 aliphatic carbocycles. The highest BCUT2D eigenvalue weighted by Crippen LogP contribution is 2.34. The first-order valence-electron chi connectivity index (χ1n) is 8.52. The first-order chi connectivity index (χ1) is 13.4. The Labute approximate surface area is 170 Å². The van der Waals surface area contributed by atoms with Crippen molar-refractivity contribution in [2.75, 3.05) is 25.3 Å². The number of hydrogen-bond donors (Lipinski definition) is 1. The van der Waals surface area contributed by atoms with Gasteiger partial charge in [-0.3, -0.25) is 4.79 Å². The van der Waals surface area contributed by atoms with Gasteiger partial charge in [0.05, 0.1) is 25.5 Å². The first kappa shape index (κ1) is 21.9. The van der Waals surface area contributed by atoms with Gasteiger partial charge in [-0.15, -0.1) is 21.5 Å². The number of ether oxygens (including phenoxy) is 2. The van der Waals surface area contributed by atoms with Crippen LogP contribution < -0.4 is 5.32 Å². The third-order valence-corrected chi connectivity index (χ3v) is 6.07. The summed E-state index contributed by atoms with van der Waals surface area (Å²) >= 11 is 2.23. The zero-order chi connectivity index (χ0) is 20.8. The maximum Gasteiger partial charge on any atom is 0.348 e. The van der Waals surface area contributed by atoms with Crippen molar-refractivity contribution in [1.29, 1.82) is 0 Å². The number of hydrogen-bond acceptors (Lipinski definition) is 9. The van der Waals surface area contributed by atoms with Gasteiger partial charge < -0.3 is 19.4 Å². The fraction of sp³-hybridized carbons (Fsp3) is 0.471. The molecule has 9 nitrogen and oxygen atoms in total. The molecule has 0 unspecified atom stereocenters. The molecule has 0 saturated carbocycles. The highest BCUT2D eigenvalue weighted by atomic mass is 32.2. The van der Waals surface area contributed by atoms with Gasteiger partial charge in [0.15, 0.2) is 5.16 Å². The number of methoxy groups -OCH3 is 2. The Hall–Kier alpha value is -2.40. The fourth-order valence-corrected chi connectivity index (χ4v) is 4.49. The Morgan fingerprint density at radius 1 is 1.14 bits per heavy atom. The predicted octanol–water partition coefficient (Wildman–Crippen LogP) is 2.53. The number of aromatic nitrogens is 3. The topological polar surface area (TPSA) is 112 Å². The van der Waals surface area contributed by atoms with E-state index >= 15 is 0 Å². The number of aryl methyl sites for hydroxylation is 1. The summed E-state index contributed by atoms with van der Waals surface area (Å²) in [5.41, 5.74) is 0.557. The van der Waals surface area contributed by atoms with E-state index in [4.69, 9.17) is 9.47 Å². The number of thioether (sulfide) groups is 1. The van der Waals surface area contributed by atoms with Crippen LogP contribution in [-0.4, -0.2) is 52.6 Å². The molecule has 0 aliphatic rings. The summed E-state index contributed by atoms with van der Waals surface area (Å²) in [7, 11) is 2.49. The van der Waals surface area contributed by atoms with E-state index in [-0.39, 0.29) is 27.1 Å². The maximum absolute atomic E-state index is 12.4. The first-order valence-corrected chi connectivity index (χ1v) is 10.3. The third-order valence-electron chi connectivity index (χ3n) is 3.92. The zero-order valence-corrected chi connectivity index (χ0v) is 18.0. The van der Waals surface area contributed by atoms with Crippen LogP contribution in [0.5, 0.6) is 0 Å². The Bertz CT molecular complexity index is 890. The number of carbonyl (C=O) groups is 3. The van der Waals surface area contributed by atoms with Gasteiger partial charge in [0.25, 0.3) is 0 Å². The van der Waals surface area contributed by atoms with E-state index in [1.54, 1.807) is 6.92 Å². The van der Waals surface area contributed by atoms with Crippen molar-refractivity contribution in [2.45, 2.75) is 38.9 Å². The minimum Gasteiger partial charge on any atom is -0.465 e. The van der Waals surface area contributed by atoms with Gasteiger partial charge in [0.2, 0.25) is 5.91 Å². The molecule has 0 spiro atoms. The fourth-order valence-electron chi connectivity index (χ4n) is 2.53.